The van der Waals surface area contributed by atoms with Crippen molar-refractivity contribution in [3.8, 4) is 0 Å². The first-order chi connectivity index (χ1) is 8.74. The predicted octanol–water partition coefficient (Wildman–Crippen LogP) is 2.42. The van der Waals surface area contributed by atoms with Crippen molar-refractivity contribution in [3.63, 3.8) is 0 Å². The number of rotatable bonds is 6. The molecule has 18 heavy (non-hydrogen) atoms. The molecule has 0 aromatic carbocycles. The second-order valence-corrected chi connectivity index (χ2v) is 4.89. The lowest BCUT2D eigenvalue weighted by Gasteiger charge is -2.13. The monoisotopic (exact) mass is 255 g/mol. The van der Waals surface area contributed by atoms with E-state index in [1.165, 1.54) is 25.7 Å². The van der Waals surface area contributed by atoms with Gasteiger partial charge in [0.2, 0.25) is 5.91 Å². The quantitative estimate of drug-likeness (QED) is 0.450. The van der Waals surface area contributed by atoms with E-state index in [2.05, 4.69) is 5.32 Å². The van der Waals surface area contributed by atoms with E-state index in [4.69, 9.17) is 4.74 Å². The van der Waals surface area contributed by atoms with E-state index in [0.717, 1.165) is 12.8 Å². The fourth-order valence-electron chi connectivity index (χ4n) is 2.36. The van der Waals surface area contributed by atoms with E-state index in [-0.39, 0.29) is 17.8 Å². The molecule has 0 aromatic heterocycles. The van der Waals surface area contributed by atoms with Crippen molar-refractivity contribution in [2.75, 3.05) is 13.2 Å². The lowest BCUT2D eigenvalue weighted by atomic mass is 9.99. The minimum atomic E-state index is -0.179. The van der Waals surface area contributed by atoms with Crippen LogP contribution in [0.4, 0.5) is 0 Å². The van der Waals surface area contributed by atoms with Gasteiger partial charge in [0.1, 0.15) is 0 Å². The van der Waals surface area contributed by atoms with E-state index < -0.39 is 0 Å². The molecule has 1 fully saturated rings. The zero-order chi connectivity index (χ0) is 13.2. The molecule has 0 heterocycles. The zero-order valence-corrected chi connectivity index (χ0v) is 11.4. The van der Waals surface area contributed by atoms with Gasteiger partial charge in [-0.2, -0.15) is 0 Å². The minimum Gasteiger partial charge on any atom is -0.466 e. The highest BCUT2D eigenvalue weighted by molar-refractivity contribution is 5.78. The summed E-state index contributed by atoms with van der Waals surface area (Å²) in [4.78, 5) is 23.0. The number of amides is 1. The SMILES string of the molecule is CCOC(=O)CCCNC(=O)C1CCCCCC1. The first-order valence-corrected chi connectivity index (χ1v) is 7.17. The van der Waals surface area contributed by atoms with Crippen molar-refractivity contribution in [1.29, 1.82) is 0 Å². The highest BCUT2D eigenvalue weighted by Gasteiger charge is 2.19. The maximum atomic E-state index is 11.9. The van der Waals surface area contributed by atoms with Gasteiger partial charge in [-0.15, -0.1) is 0 Å². The Labute approximate surface area is 109 Å². The Morgan fingerprint density at radius 3 is 2.44 bits per heavy atom. The van der Waals surface area contributed by atoms with Crippen molar-refractivity contribution >= 4 is 11.9 Å². The maximum Gasteiger partial charge on any atom is 0.305 e. The smallest absolute Gasteiger partial charge is 0.305 e. The number of esters is 1. The van der Waals surface area contributed by atoms with E-state index in [1.807, 2.05) is 0 Å². The Morgan fingerprint density at radius 2 is 1.83 bits per heavy atom. The molecule has 0 unspecified atom stereocenters. The maximum absolute atomic E-state index is 11.9. The Balaban J connectivity index is 2.10. The standard InChI is InChI=1S/C14H25NO3/c1-2-18-13(16)10-7-11-15-14(17)12-8-5-3-4-6-9-12/h12H,2-11H2,1H3,(H,15,17). The Kier molecular flexibility index (Phi) is 7.46. The summed E-state index contributed by atoms with van der Waals surface area (Å²) >= 11 is 0. The Hall–Kier alpha value is -1.06. The van der Waals surface area contributed by atoms with Crippen LogP contribution in [0.3, 0.4) is 0 Å². The molecule has 0 bridgehead atoms. The van der Waals surface area contributed by atoms with Crippen LogP contribution in [-0.4, -0.2) is 25.0 Å². The number of nitrogens with one attached hydrogen (secondary N) is 1. The molecule has 1 saturated carbocycles. The van der Waals surface area contributed by atoms with Gasteiger partial charge in [0.15, 0.2) is 0 Å². The summed E-state index contributed by atoms with van der Waals surface area (Å²) < 4.78 is 4.83. The number of carbonyl (C=O) groups excluding carboxylic acids is 2. The van der Waals surface area contributed by atoms with Crippen LogP contribution in [0.1, 0.15) is 58.3 Å². The van der Waals surface area contributed by atoms with Gasteiger partial charge in [-0.05, 0) is 26.2 Å². The molecule has 0 saturated heterocycles. The van der Waals surface area contributed by atoms with Gasteiger partial charge in [-0.25, -0.2) is 0 Å². The summed E-state index contributed by atoms with van der Waals surface area (Å²) in [5.41, 5.74) is 0. The van der Waals surface area contributed by atoms with Crippen LogP contribution >= 0.6 is 0 Å². The van der Waals surface area contributed by atoms with Crippen molar-refractivity contribution in [2.45, 2.75) is 58.3 Å². The number of hydrogen-bond acceptors (Lipinski definition) is 3. The third-order valence-corrected chi connectivity index (χ3v) is 3.39. The molecule has 0 spiro atoms. The first kappa shape index (κ1) is 15.0. The number of hydrogen-bond donors (Lipinski definition) is 1. The molecule has 104 valence electrons. The highest BCUT2D eigenvalue weighted by atomic mass is 16.5. The Morgan fingerprint density at radius 1 is 1.17 bits per heavy atom. The van der Waals surface area contributed by atoms with Crippen molar-refractivity contribution in [2.24, 2.45) is 5.92 Å². The van der Waals surface area contributed by atoms with Crippen LogP contribution in [0.5, 0.6) is 0 Å². The van der Waals surface area contributed by atoms with Crippen LogP contribution < -0.4 is 5.32 Å². The van der Waals surface area contributed by atoms with Crippen LogP contribution in [0.2, 0.25) is 0 Å². The average molecular weight is 255 g/mol. The van der Waals surface area contributed by atoms with Crippen molar-refractivity contribution < 1.29 is 14.3 Å². The van der Waals surface area contributed by atoms with Gasteiger partial charge < -0.3 is 10.1 Å². The highest BCUT2D eigenvalue weighted by Crippen LogP contribution is 2.22. The number of carbonyl (C=O) groups is 2. The van der Waals surface area contributed by atoms with Gasteiger partial charge in [0, 0.05) is 18.9 Å². The summed E-state index contributed by atoms with van der Waals surface area (Å²) in [6.45, 7) is 2.80. The number of ether oxygens (including phenoxy) is 1. The van der Waals surface area contributed by atoms with Gasteiger partial charge in [-0.1, -0.05) is 25.7 Å². The van der Waals surface area contributed by atoms with E-state index in [1.54, 1.807) is 6.92 Å². The molecule has 1 rings (SSSR count). The van der Waals surface area contributed by atoms with Gasteiger partial charge in [0.05, 0.1) is 6.61 Å². The lowest BCUT2D eigenvalue weighted by Crippen LogP contribution is -2.31. The van der Waals surface area contributed by atoms with Crippen LogP contribution in [0.25, 0.3) is 0 Å². The van der Waals surface area contributed by atoms with Gasteiger partial charge in [-0.3, -0.25) is 9.59 Å². The summed E-state index contributed by atoms with van der Waals surface area (Å²) in [6.07, 6.45) is 7.94. The second kappa shape index (κ2) is 8.95. The summed E-state index contributed by atoms with van der Waals surface area (Å²) in [5.74, 6) is 0.178. The van der Waals surface area contributed by atoms with E-state index >= 15 is 0 Å². The topological polar surface area (TPSA) is 55.4 Å². The summed E-state index contributed by atoms with van der Waals surface area (Å²) in [7, 11) is 0. The van der Waals surface area contributed by atoms with Crippen LogP contribution in [0.15, 0.2) is 0 Å². The fourth-order valence-corrected chi connectivity index (χ4v) is 2.36. The first-order valence-electron chi connectivity index (χ1n) is 7.17. The molecule has 0 aliphatic heterocycles. The van der Waals surface area contributed by atoms with Crippen LogP contribution in [-0.2, 0) is 14.3 Å². The molecule has 1 aliphatic rings. The molecule has 1 amide bonds. The van der Waals surface area contributed by atoms with Crippen molar-refractivity contribution in [3.05, 3.63) is 0 Å². The summed E-state index contributed by atoms with van der Waals surface area (Å²) in [5, 5.41) is 2.93. The van der Waals surface area contributed by atoms with Crippen molar-refractivity contribution in [1.82, 2.24) is 5.32 Å². The lowest BCUT2D eigenvalue weighted by molar-refractivity contribution is -0.143. The molecule has 4 heteroatoms. The van der Waals surface area contributed by atoms with Crippen LogP contribution in [0, 0.1) is 5.92 Å². The molecule has 0 atom stereocenters. The fraction of sp³-hybridized carbons (Fsp3) is 0.857. The molecule has 4 nitrogen and oxygen atoms in total. The molecular weight excluding hydrogens is 230 g/mol. The normalized spacial score (nSPS) is 16.9. The van der Waals surface area contributed by atoms with E-state index in [9.17, 15) is 9.59 Å². The molecule has 1 N–H and O–H groups in total. The third kappa shape index (κ3) is 6.03. The van der Waals surface area contributed by atoms with E-state index in [0.29, 0.717) is 26.0 Å². The largest absolute Gasteiger partial charge is 0.466 e. The Bertz CT molecular complexity index is 258. The van der Waals surface area contributed by atoms with Gasteiger partial charge in [0.25, 0.3) is 0 Å². The second-order valence-electron chi connectivity index (χ2n) is 4.89. The average Bonchev–Trinajstić information content (AvgIpc) is 2.63. The minimum absolute atomic E-state index is 0.167. The zero-order valence-electron chi connectivity index (χ0n) is 11.4. The molecular formula is C14H25NO3. The molecule has 0 aromatic rings. The predicted molar refractivity (Wildman–Crippen MR) is 70.1 cm³/mol. The van der Waals surface area contributed by atoms with Gasteiger partial charge >= 0.3 is 5.97 Å². The molecule has 0 radical (unpaired) electrons. The summed E-state index contributed by atoms with van der Waals surface area (Å²) in [6, 6.07) is 0. The third-order valence-electron chi connectivity index (χ3n) is 3.39. The molecule has 1 aliphatic carbocycles.